The molecule has 0 radical (unpaired) electrons. The number of alkyl halides is 3. The van der Waals surface area contributed by atoms with Crippen LogP contribution in [0.4, 0.5) is 29.5 Å². The molecule has 0 saturated carbocycles. The van der Waals surface area contributed by atoms with Gasteiger partial charge in [-0.25, -0.2) is 14.5 Å². The lowest BCUT2D eigenvalue weighted by molar-refractivity contribution is -0.116. The monoisotopic (exact) mass is 523 g/mol. The number of ether oxygens (including phenoxy) is 1. The quantitative estimate of drug-likeness (QED) is 0.312. The van der Waals surface area contributed by atoms with E-state index in [-0.39, 0.29) is 28.8 Å². The second kappa shape index (κ2) is 11.2. The van der Waals surface area contributed by atoms with E-state index in [4.69, 9.17) is 16.3 Å². The number of rotatable bonds is 8. The molecule has 0 aromatic carbocycles. The molecular weight excluding hydrogens is 503 g/mol. The van der Waals surface area contributed by atoms with E-state index in [2.05, 4.69) is 37.5 Å². The number of anilines is 2. The van der Waals surface area contributed by atoms with Gasteiger partial charge in [0.1, 0.15) is 11.3 Å². The molecule has 14 heteroatoms. The fourth-order valence-electron chi connectivity index (χ4n) is 2.96. The first-order valence-corrected chi connectivity index (χ1v) is 10.8. The third-order valence-electron chi connectivity index (χ3n) is 4.90. The summed E-state index contributed by atoms with van der Waals surface area (Å²) in [4.78, 5) is 32.6. The van der Waals surface area contributed by atoms with E-state index in [0.717, 1.165) is 0 Å². The van der Waals surface area contributed by atoms with Gasteiger partial charge in [-0.1, -0.05) is 29.5 Å². The molecule has 0 fully saturated rings. The van der Waals surface area contributed by atoms with Crippen molar-refractivity contribution in [2.24, 2.45) is 7.05 Å². The van der Waals surface area contributed by atoms with Crippen LogP contribution in [-0.4, -0.2) is 43.1 Å². The molecule has 1 atom stereocenters. The minimum atomic E-state index is -4.54. The summed E-state index contributed by atoms with van der Waals surface area (Å²) in [7, 11) is 1.55. The van der Waals surface area contributed by atoms with E-state index >= 15 is 0 Å². The molecule has 3 heterocycles. The van der Waals surface area contributed by atoms with Gasteiger partial charge in [0.2, 0.25) is 5.91 Å². The summed E-state index contributed by atoms with van der Waals surface area (Å²) in [6, 6.07) is 6.34. The highest BCUT2D eigenvalue weighted by Gasteiger charge is 2.31. The maximum Gasteiger partial charge on any atom is 0.413 e. The van der Waals surface area contributed by atoms with Crippen molar-refractivity contribution in [1.29, 1.82) is 0 Å². The van der Waals surface area contributed by atoms with Crippen LogP contribution in [0.2, 0.25) is 5.15 Å². The number of nitrogens with one attached hydrogen (secondary N) is 2. The van der Waals surface area contributed by atoms with Crippen LogP contribution in [0, 0.1) is 0 Å². The van der Waals surface area contributed by atoms with Gasteiger partial charge in [0.05, 0.1) is 17.6 Å². The zero-order chi connectivity index (χ0) is 26.5. The first-order chi connectivity index (χ1) is 17.0. The van der Waals surface area contributed by atoms with Crippen LogP contribution in [0.5, 0.6) is 0 Å². The molecule has 3 aromatic rings. The minimum Gasteiger partial charge on any atom is -0.441 e. The molecule has 190 valence electrons. The summed E-state index contributed by atoms with van der Waals surface area (Å²) in [6.07, 6.45) is -4.11. The number of pyridine rings is 2. The molecule has 36 heavy (non-hydrogen) atoms. The Morgan fingerprint density at radius 2 is 1.94 bits per heavy atom. The maximum atomic E-state index is 12.5. The Bertz CT molecular complexity index is 1260. The van der Waals surface area contributed by atoms with Crippen molar-refractivity contribution in [3.8, 4) is 11.4 Å². The van der Waals surface area contributed by atoms with Gasteiger partial charge in [-0.2, -0.15) is 13.2 Å². The van der Waals surface area contributed by atoms with Crippen LogP contribution in [0.1, 0.15) is 31.4 Å². The number of carbonyl (C=O) groups is 2. The zero-order valence-electron chi connectivity index (χ0n) is 19.1. The lowest BCUT2D eigenvalue weighted by atomic mass is 10.1. The standard InChI is InChI=1S/C22H21ClF3N7O3/c1-12(22(24,25)26)6-9-17(34)29-14-7-8-16(28-11-14)18-20(33(3)32-31-18)30-21(35)36-13(2)15-5-4-10-27-19(15)23/h4-5,7-8,10-11,13H,1,6,9H2,2-3H3,(H,29,34)(H,30,35)/t13-/m1/s1. The van der Waals surface area contributed by atoms with E-state index in [1.807, 2.05) is 0 Å². The zero-order valence-corrected chi connectivity index (χ0v) is 19.9. The number of allylic oxidation sites excluding steroid dienone is 1. The predicted molar refractivity (Wildman–Crippen MR) is 125 cm³/mol. The number of aromatic nitrogens is 5. The third-order valence-corrected chi connectivity index (χ3v) is 5.22. The van der Waals surface area contributed by atoms with Gasteiger partial charge in [0.25, 0.3) is 0 Å². The van der Waals surface area contributed by atoms with Gasteiger partial charge in [0, 0.05) is 30.8 Å². The Labute approximate surface area is 208 Å². The number of nitrogens with zero attached hydrogens (tertiary/aromatic N) is 5. The average Bonchev–Trinajstić information content (AvgIpc) is 3.17. The Kier molecular flexibility index (Phi) is 8.25. The number of hydrogen-bond acceptors (Lipinski definition) is 7. The van der Waals surface area contributed by atoms with Gasteiger partial charge in [0.15, 0.2) is 11.5 Å². The van der Waals surface area contributed by atoms with Gasteiger partial charge in [-0.05, 0) is 31.5 Å². The van der Waals surface area contributed by atoms with Gasteiger partial charge in [-0.15, -0.1) is 5.10 Å². The number of carbonyl (C=O) groups excluding carboxylic acids is 2. The molecule has 3 aromatic heterocycles. The van der Waals surface area contributed by atoms with Gasteiger partial charge in [-0.3, -0.25) is 15.1 Å². The average molecular weight is 524 g/mol. The second-order valence-corrected chi connectivity index (χ2v) is 7.91. The van der Waals surface area contributed by atoms with Gasteiger partial charge >= 0.3 is 12.3 Å². The van der Waals surface area contributed by atoms with Crippen LogP contribution in [0.25, 0.3) is 11.4 Å². The normalized spacial score (nSPS) is 12.1. The van der Waals surface area contributed by atoms with Crippen molar-refractivity contribution in [2.75, 3.05) is 10.6 Å². The number of hydrogen-bond donors (Lipinski definition) is 2. The summed E-state index contributed by atoms with van der Waals surface area (Å²) in [6.45, 7) is 4.57. The van der Waals surface area contributed by atoms with E-state index in [1.54, 1.807) is 26.1 Å². The lowest BCUT2D eigenvalue weighted by Crippen LogP contribution is -2.18. The van der Waals surface area contributed by atoms with E-state index in [0.29, 0.717) is 11.3 Å². The Morgan fingerprint density at radius 1 is 1.19 bits per heavy atom. The van der Waals surface area contributed by atoms with Crippen molar-refractivity contribution in [3.63, 3.8) is 0 Å². The fraction of sp³-hybridized carbons (Fsp3) is 0.273. The van der Waals surface area contributed by atoms with E-state index in [1.165, 1.54) is 29.2 Å². The molecule has 3 rings (SSSR count). The maximum absolute atomic E-state index is 12.5. The molecular formula is C22H21ClF3N7O3. The Morgan fingerprint density at radius 3 is 2.58 bits per heavy atom. The van der Waals surface area contributed by atoms with Crippen LogP contribution in [0.3, 0.4) is 0 Å². The number of halogens is 4. The SMILES string of the molecule is C=C(CCC(=O)Nc1ccc(-c2nnn(C)c2NC(=O)O[C@H](C)c2cccnc2Cl)nc1)C(F)(F)F. The minimum absolute atomic E-state index is 0.194. The second-order valence-electron chi connectivity index (χ2n) is 7.55. The molecule has 0 unspecified atom stereocenters. The van der Waals surface area contributed by atoms with Crippen molar-refractivity contribution in [2.45, 2.75) is 32.0 Å². The molecule has 0 saturated heterocycles. The van der Waals surface area contributed by atoms with Gasteiger partial charge < -0.3 is 10.1 Å². The Balaban J connectivity index is 1.64. The summed E-state index contributed by atoms with van der Waals surface area (Å²) < 4.78 is 44.2. The molecule has 2 amide bonds. The summed E-state index contributed by atoms with van der Waals surface area (Å²) >= 11 is 6.04. The largest absolute Gasteiger partial charge is 0.441 e. The van der Waals surface area contributed by atoms with Crippen LogP contribution in [0.15, 0.2) is 48.8 Å². The Hall–Kier alpha value is -4.00. The smallest absolute Gasteiger partial charge is 0.413 e. The van der Waals surface area contributed by atoms with E-state index in [9.17, 15) is 22.8 Å². The molecule has 2 N–H and O–H groups in total. The molecule has 0 spiro atoms. The first-order valence-electron chi connectivity index (χ1n) is 10.4. The topological polar surface area (TPSA) is 124 Å². The molecule has 10 nitrogen and oxygen atoms in total. The molecule has 0 aliphatic carbocycles. The fourth-order valence-corrected chi connectivity index (χ4v) is 3.23. The van der Waals surface area contributed by atoms with Crippen LogP contribution >= 0.6 is 11.6 Å². The number of amides is 2. The molecule has 0 aliphatic heterocycles. The summed E-state index contributed by atoms with van der Waals surface area (Å²) in [5.74, 6) is -0.429. The van der Waals surface area contributed by atoms with Crippen molar-refractivity contribution < 1.29 is 27.5 Å². The molecule has 0 aliphatic rings. The number of aryl methyl sites for hydroxylation is 1. The first kappa shape index (κ1) is 26.6. The third kappa shape index (κ3) is 6.78. The molecule has 0 bridgehead atoms. The van der Waals surface area contributed by atoms with Crippen molar-refractivity contribution >= 4 is 35.1 Å². The van der Waals surface area contributed by atoms with Crippen molar-refractivity contribution in [3.05, 3.63) is 59.5 Å². The van der Waals surface area contributed by atoms with Crippen molar-refractivity contribution in [1.82, 2.24) is 25.0 Å². The highest BCUT2D eigenvalue weighted by molar-refractivity contribution is 6.30. The summed E-state index contributed by atoms with van der Waals surface area (Å²) in [5.41, 5.74) is 0.345. The summed E-state index contributed by atoms with van der Waals surface area (Å²) in [5, 5.41) is 13.1. The van der Waals surface area contributed by atoms with Crippen LogP contribution < -0.4 is 10.6 Å². The van der Waals surface area contributed by atoms with E-state index < -0.39 is 36.3 Å². The highest BCUT2D eigenvalue weighted by atomic mass is 35.5. The predicted octanol–water partition coefficient (Wildman–Crippen LogP) is 5.07. The highest BCUT2D eigenvalue weighted by Crippen LogP contribution is 2.28. The lowest BCUT2D eigenvalue weighted by Gasteiger charge is -2.15. The van der Waals surface area contributed by atoms with Crippen LogP contribution in [-0.2, 0) is 16.6 Å².